The molecule has 0 saturated carbocycles. The molecule has 2 aromatic heterocycles. The van der Waals surface area contributed by atoms with E-state index in [1.807, 2.05) is 21.4 Å². The van der Waals surface area contributed by atoms with E-state index < -0.39 is 0 Å². The van der Waals surface area contributed by atoms with Gasteiger partial charge in [0, 0.05) is 5.38 Å². The van der Waals surface area contributed by atoms with Gasteiger partial charge in [0.1, 0.15) is 0 Å². The van der Waals surface area contributed by atoms with Crippen LogP contribution in [0.5, 0.6) is 0 Å². The minimum Gasteiger partial charge on any atom is -0.187 e. The monoisotopic (exact) mass is 124 g/mol. The minimum absolute atomic E-state index is 1.18. The predicted molar refractivity (Wildman–Crippen MR) is 33.1 cm³/mol. The van der Waals surface area contributed by atoms with E-state index in [0.29, 0.717) is 0 Å². The van der Waals surface area contributed by atoms with Crippen LogP contribution in [-0.4, -0.2) is 9.00 Å². The Morgan fingerprint density at radius 3 is 3.38 bits per heavy atom. The summed E-state index contributed by atoms with van der Waals surface area (Å²) in [5, 5.41) is 6.03. The second kappa shape index (κ2) is 1.32. The average Bonchev–Trinajstić information content (AvgIpc) is 2.15. The predicted octanol–water partition coefficient (Wildman–Crippen LogP) is 1.40. The maximum absolute atomic E-state index is 4.01. The first-order chi connectivity index (χ1) is 3.97. The standard InChI is InChI=1S/C5H4N2S/c1-3-6-7-5(1)2-4-8-7/h1-4H. The SMILES string of the molecule is c1cc2ccsn2n1. The van der Waals surface area contributed by atoms with Gasteiger partial charge in [-0.1, -0.05) is 0 Å². The minimum atomic E-state index is 1.18. The smallest absolute Gasteiger partial charge is 0.0791 e. The van der Waals surface area contributed by atoms with Gasteiger partial charge in [-0.25, -0.2) is 0 Å². The average molecular weight is 124 g/mol. The molecule has 0 bridgehead atoms. The Labute approximate surface area is 50.5 Å². The molecule has 0 radical (unpaired) electrons. The largest absolute Gasteiger partial charge is 0.187 e. The molecule has 40 valence electrons. The van der Waals surface area contributed by atoms with Crippen LogP contribution < -0.4 is 0 Å². The summed E-state index contributed by atoms with van der Waals surface area (Å²) < 4.78 is 1.88. The molecule has 0 fully saturated rings. The Hall–Kier alpha value is -0.830. The van der Waals surface area contributed by atoms with Crippen LogP contribution in [0.2, 0.25) is 0 Å². The molecule has 2 rings (SSSR count). The van der Waals surface area contributed by atoms with E-state index in [1.165, 1.54) is 5.52 Å². The fraction of sp³-hybridized carbons (Fsp3) is 0. The quantitative estimate of drug-likeness (QED) is 0.519. The Bertz CT molecular complexity index is 232. The van der Waals surface area contributed by atoms with Gasteiger partial charge in [-0.15, -0.1) is 0 Å². The van der Waals surface area contributed by atoms with Crippen molar-refractivity contribution in [3.05, 3.63) is 23.7 Å². The summed E-state index contributed by atoms with van der Waals surface area (Å²) in [6, 6.07) is 4.02. The highest BCUT2D eigenvalue weighted by molar-refractivity contribution is 7.04. The molecule has 0 aromatic carbocycles. The first-order valence-corrected chi connectivity index (χ1v) is 3.18. The van der Waals surface area contributed by atoms with Crippen LogP contribution in [0.4, 0.5) is 0 Å². The number of rotatable bonds is 0. The van der Waals surface area contributed by atoms with Crippen molar-refractivity contribution in [2.75, 3.05) is 0 Å². The summed E-state index contributed by atoms with van der Waals surface area (Å²) in [5.41, 5.74) is 1.18. The molecule has 0 unspecified atom stereocenters. The lowest BCUT2D eigenvalue weighted by molar-refractivity contribution is 1.07. The second-order valence-corrected chi connectivity index (χ2v) is 2.37. The Kier molecular flexibility index (Phi) is 0.676. The van der Waals surface area contributed by atoms with Crippen LogP contribution in [0.3, 0.4) is 0 Å². The van der Waals surface area contributed by atoms with E-state index in [1.54, 1.807) is 17.7 Å². The van der Waals surface area contributed by atoms with Crippen LogP contribution in [0.25, 0.3) is 5.52 Å². The van der Waals surface area contributed by atoms with Gasteiger partial charge in [-0.3, -0.25) is 0 Å². The Morgan fingerprint density at radius 1 is 1.50 bits per heavy atom. The molecule has 0 aliphatic carbocycles. The van der Waals surface area contributed by atoms with E-state index in [2.05, 4.69) is 5.10 Å². The molecule has 2 aromatic rings. The van der Waals surface area contributed by atoms with Gasteiger partial charge in [-0.05, 0) is 23.7 Å². The zero-order valence-electron chi connectivity index (χ0n) is 4.11. The first-order valence-electron chi connectivity index (χ1n) is 2.34. The van der Waals surface area contributed by atoms with Gasteiger partial charge in [-0.2, -0.15) is 9.00 Å². The zero-order valence-corrected chi connectivity index (χ0v) is 4.93. The van der Waals surface area contributed by atoms with Crippen LogP contribution in [-0.2, 0) is 0 Å². The highest BCUT2D eigenvalue weighted by Crippen LogP contribution is 2.05. The molecule has 0 spiro atoms. The van der Waals surface area contributed by atoms with Crippen LogP contribution in [0.15, 0.2) is 23.7 Å². The van der Waals surface area contributed by atoms with Crippen molar-refractivity contribution in [2.45, 2.75) is 0 Å². The lowest BCUT2D eigenvalue weighted by Gasteiger charge is -1.71. The summed E-state index contributed by atoms with van der Waals surface area (Å²) in [6.07, 6.45) is 1.80. The van der Waals surface area contributed by atoms with E-state index in [9.17, 15) is 0 Å². The molecule has 0 aliphatic rings. The maximum atomic E-state index is 4.01. The lowest BCUT2D eigenvalue weighted by Crippen LogP contribution is -1.70. The lowest BCUT2D eigenvalue weighted by atomic mass is 10.5. The molecule has 2 heterocycles. The summed E-state index contributed by atoms with van der Waals surface area (Å²) >= 11 is 1.60. The van der Waals surface area contributed by atoms with Gasteiger partial charge in [0.15, 0.2) is 0 Å². The van der Waals surface area contributed by atoms with Crippen LogP contribution in [0.1, 0.15) is 0 Å². The number of fused-ring (bicyclic) bond motifs is 1. The number of aromatic nitrogens is 2. The number of nitrogens with zero attached hydrogens (tertiary/aromatic N) is 2. The molecule has 0 atom stereocenters. The summed E-state index contributed by atoms with van der Waals surface area (Å²) in [4.78, 5) is 0. The van der Waals surface area contributed by atoms with Gasteiger partial charge in [0.2, 0.25) is 0 Å². The third-order valence-corrected chi connectivity index (χ3v) is 1.80. The molecule has 8 heavy (non-hydrogen) atoms. The molecule has 0 amide bonds. The van der Waals surface area contributed by atoms with Crippen LogP contribution >= 0.6 is 11.5 Å². The molecule has 0 aliphatic heterocycles. The Morgan fingerprint density at radius 2 is 2.50 bits per heavy atom. The van der Waals surface area contributed by atoms with E-state index in [4.69, 9.17) is 0 Å². The van der Waals surface area contributed by atoms with Crippen molar-refractivity contribution in [1.82, 2.24) is 9.00 Å². The molecule has 0 N–H and O–H groups in total. The molecular formula is C5H4N2S. The van der Waals surface area contributed by atoms with E-state index in [0.717, 1.165) is 0 Å². The summed E-state index contributed by atoms with van der Waals surface area (Å²) in [6.45, 7) is 0. The second-order valence-electron chi connectivity index (χ2n) is 1.54. The van der Waals surface area contributed by atoms with Crippen molar-refractivity contribution in [1.29, 1.82) is 0 Å². The van der Waals surface area contributed by atoms with Gasteiger partial charge in [0.05, 0.1) is 11.7 Å². The highest BCUT2D eigenvalue weighted by atomic mass is 32.1. The van der Waals surface area contributed by atoms with Crippen molar-refractivity contribution in [3.63, 3.8) is 0 Å². The molecular weight excluding hydrogens is 120 g/mol. The zero-order chi connectivity index (χ0) is 5.40. The van der Waals surface area contributed by atoms with Crippen LogP contribution in [0, 0.1) is 0 Å². The van der Waals surface area contributed by atoms with Gasteiger partial charge >= 0.3 is 0 Å². The first kappa shape index (κ1) is 4.09. The third-order valence-electron chi connectivity index (χ3n) is 1.04. The number of hydrogen-bond donors (Lipinski definition) is 0. The molecule has 0 saturated heterocycles. The Balaban J connectivity index is 3.06. The normalized spacial score (nSPS) is 10.5. The van der Waals surface area contributed by atoms with Crippen molar-refractivity contribution in [2.24, 2.45) is 0 Å². The van der Waals surface area contributed by atoms with Gasteiger partial charge < -0.3 is 0 Å². The highest BCUT2D eigenvalue weighted by Gasteiger charge is 1.88. The third kappa shape index (κ3) is 0.391. The summed E-state index contributed by atoms with van der Waals surface area (Å²) in [5.74, 6) is 0. The van der Waals surface area contributed by atoms with E-state index in [-0.39, 0.29) is 0 Å². The van der Waals surface area contributed by atoms with Gasteiger partial charge in [0.25, 0.3) is 0 Å². The topological polar surface area (TPSA) is 17.3 Å². The van der Waals surface area contributed by atoms with Crippen molar-refractivity contribution in [3.8, 4) is 0 Å². The fourth-order valence-corrected chi connectivity index (χ4v) is 1.33. The van der Waals surface area contributed by atoms with Crippen molar-refractivity contribution >= 4 is 17.0 Å². The fourth-order valence-electron chi connectivity index (χ4n) is 0.666. The molecule has 3 heteroatoms. The number of hydrogen-bond acceptors (Lipinski definition) is 2. The van der Waals surface area contributed by atoms with Crippen molar-refractivity contribution < 1.29 is 0 Å². The maximum Gasteiger partial charge on any atom is 0.0791 e. The van der Waals surface area contributed by atoms with E-state index >= 15 is 0 Å². The summed E-state index contributed by atoms with van der Waals surface area (Å²) in [7, 11) is 0. The molecule has 2 nitrogen and oxygen atoms in total.